The van der Waals surface area contributed by atoms with Gasteiger partial charge < -0.3 is 4.98 Å². The van der Waals surface area contributed by atoms with E-state index in [0.29, 0.717) is 4.77 Å². The van der Waals surface area contributed by atoms with Crippen molar-refractivity contribution in [3.05, 3.63) is 40.1 Å². The quantitative estimate of drug-likeness (QED) is 0.655. The summed E-state index contributed by atoms with van der Waals surface area (Å²) >= 11 is 6.94. The van der Waals surface area contributed by atoms with Crippen LogP contribution in [0.5, 0.6) is 0 Å². The third-order valence-electron chi connectivity index (χ3n) is 2.25. The van der Waals surface area contributed by atoms with Crippen molar-refractivity contribution in [2.75, 3.05) is 0 Å². The second kappa shape index (κ2) is 3.29. The van der Waals surface area contributed by atoms with Crippen LogP contribution in [-0.2, 0) is 0 Å². The van der Waals surface area contributed by atoms with Gasteiger partial charge in [-0.2, -0.15) is 11.3 Å². The van der Waals surface area contributed by atoms with Crippen LogP contribution in [0.4, 0.5) is 0 Å². The summed E-state index contributed by atoms with van der Waals surface area (Å²) in [6, 6.07) is 4.01. The zero-order chi connectivity index (χ0) is 10.3. The predicted octanol–water partition coefficient (Wildman–Crippen LogP) is 3.14. The van der Waals surface area contributed by atoms with Gasteiger partial charge in [-0.1, -0.05) is 0 Å². The fourth-order valence-electron chi connectivity index (χ4n) is 1.60. The zero-order valence-electron chi connectivity index (χ0n) is 7.68. The maximum Gasteiger partial charge on any atom is 0.182 e. The number of pyridine rings is 1. The summed E-state index contributed by atoms with van der Waals surface area (Å²) < 4.78 is 2.72. The lowest BCUT2D eigenvalue weighted by atomic mass is 10.4. The molecule has 3 aromatic rings. The first-order valence-electron chi connectivity index (χ1n) is 4.43. The lowest BCUT2D eigenvalue weighted by molar-refractivity contribution is 1.07. The summed E-state index contributed by atoms with van der Waals surface area (Å²) in [6.07, 6.45) is 3.56. The van der Waals surface area contributed by atoms with Gasteiger partial charge in [-0.25, -0.2) is 0 Å². The molecule has 5 heteroatoms. The number of fused-ring (bicyclic) bond motifs is 1. The van der Waals surface area contributed by atoms with Gasteiger partial charge in [-0.3, -0.25) is 9.55 Å². The third-order valence-corrected chi connectivity index (χ3v) is 3.20. The van der Waals surface area contributed by atoms with E-state index in [-0.39, 0.29) is 0 Å². The molecule has 3 heterocycles. The molecule has 0 aromatic carbocycles. The van der Waals surface area contributed by atoms with Crippen LogP contribution in [0.3, 0.4) is 0 Å². The Morgan fingerprint density at radius 3 is 3.13 bits per heavy atom. The Morgan fingerprint density at radius 2 is 2.33 bits per heavy atom. The SMILES string of the molecule is S=c1[nH]c2cnccc2n1-c1ccsc1. The highest BCUT2D eigenvalue weighted by Gasteiger charge is 2.05. The van der Waals surface area contributed by atoms with Crippen LogP contribution < -0.4 is 0 Å². The monoisotopic (exact) mass is 233 g/mol. The smallest absolute Gasteiger partial charge is 0.182 e. The number of hydrogen-bond acceptors (Lipinski definition) is 3. The summed E-state index contributed by atoms with van der Waals surface area (Å²) in [6.45, 7) is 0. The molecule has 0 aliphatic carbocycles. The van der Waals surface area contributed by atoms with Gasteiger partial charge in [0, 0.05) is 11.6 Å². The van der Waals surface area contributed by atoms with E-state index in [1.807, 2.05) is 22.1 Å². The molecule has 1 N–H and O–H groups in total. The van der Waals surface area contributed by atoms with Crippen LogP contribution in [-0.4, -0.2) is 14.5 Å². The largest absolute Gasteiger partial charge is 0.329 e. The van der Waals surface area contributed by atoms with Crippen molar-refractivity contribution in [1.82, 2.24) is 14.5 Å². The highest BCUT2D eigenvalue weighted by atomic mass is 32.1. The number of rotatable bonds is 1. The van der Waals surface area contributed by atoms with Crippen molar-refractivity contribution in [3.8, 4) is 5.69 Å². The molecule has 0 spiro atoms. The van der Waals surface area contributed by atoms with Crippen molar-refractivity contribution >= 4 is 34.6 Å². The molecule has 0 fully saturated rings. The molecule has 3 nitrogen and oxygen atoms in total. The lowest BCUT2D eigenvalue weighted by Crippen LogP contribution is -1.90. The number of nitrogens with zero attached hydrogens (tertiary/aromatic N) is 2. The molecule has 0 amide bonds. The number of H-pyrrole nitrogens is 1. The van der Waals surface area contributed by atoms with Gasteiger partial charge in [0.1, 0.15) is 0 Å². The first-order chi connectivity index (χ1) is 7.36. The second-order valence-corrected chi connectivity index (χ2v) is 4.31. The zero-order valence-corrected chi connectivity index (χ0v) is 9.31. The van der Waals surface area contributed by atoms with E-state index in [0.717, 1.165) is 16.7 Å². The molecule has 3 aromatic heterocycles. The summed E-state index contributed by atoms with van der Waals surface area (Å²) in [4.78, 5) is 7.20. The molecular weight excluding hydrogens is 226 g/mol. The van der Waals surface area contributed by atoms with Crippen LogP contribution in [0.25, 0.3) is 16.7 Å². The van der Waals surface area contributed by atoms with Gasteiger partial charge in [0.25, 0.3) is 0 Å². The van der Waals surface area contributed by atoms with E-state index in [2.05, 4.69) is 15.3 Å². The molecule has 0 aliphatic heterocycles. The van der Waals surface area contributed by atoms with Crippen LogP contribution in [0.2, 0.25) is 0 Å². The van der Waals surface area contributed by atoms with Crippen molar-refractivity contribution in [2.45, 2.75) is 0 Å². The number of aromatic amines is 1. The Morgan fingerprint density at radius 1 is 1.40 bits per heavy atom. The molecule has 0 saturated heterocycles. The Balaban J connectivity index is 2.44. The minimum absolute atomic E-state index is 0.705. The molecule has 15 heavy (non-hydrogen) atoms. The molecular formula is C10H7N3S2. The van der Waals surface area contributed by atoms with Gasteiger partial charge >= 0.3 is 0 Å². The summed E-state index contributed by atoms with van der Waals surface area (Å²) in [7, 11) is 0. The number of aromatic nitrogens is 3. The number of thiophene rings is 1. The number of nitrogens with one attached hydrogen (secondary N) is 1. The van der Waals surface area contributed by atoms with Gasteiger partial charge in [0.05, 0.1) is 22.9 Å². The van der Waals surface area contributed by atoms with Crippen LogP contribution in [0.1, 0.15) is 0 Å². The maximum atomic E-state index is 5.29. The first kappa shape index (κ1) is 8.82. The number of imidazole rings is 1. The summed E-state index contributed by atoms with van der Waals surface area (Å²) in [5.74, 6) is 0. The standard InChI is InChI=1S/C10H7N3S2/c14-10-12-8-5-11-3-1-9(8)13(10)7-2-4-15-6-7/h1-6H,(H,12,14). The lowest BCUT2D eigenvalue weighted by Gasteiger charge is -1.99. The minimum Gasteiger partial charge on any atom is -0.329 e. The van der Waals surface area contributed by atoms with E-state index in [9.17, 15) is 0 Å². The van der Waals surface area contributed by atoms with Gasteiger partial charge in [0.2, 0.25) is 0 Å². The van der Waals surface area contributed by atoms with Crippen molar-refractivity contribution in [2.24, 2.45) is 0 Å². The fraction of sp³-hybridized carbons (Fsp3) is 0. The van der Waals surface area contributed by atoms with Gasteiger partial charge in [-0.05, 0) is 29.7 Å². The van der Waals surface area contributed by atoms with E-state index >= 15 is 0 Å². The average molecular weight is 233 g/mol. The molecule has 0 radical (unpaired) electrons. The molecule has 0 unspecified atom stereocenters. The second-order valence-electron chi connectivity index (χ2n) is 3.14. The van der Waals surface area contributed by atoms with E-state index in [4.69, 9.17) is 12.2 Å². The Bertz CT molecular complexity index is 649. The molecule has 74 valence electrons. The van der Waals surface area contributed by atoms with Crippen LogP contribution >= 0.6 is 23.6 Å². The van der Waals surface area contributed by atoms with Crippen LogP contribution in [0, 0.1) is 4.77 Å². The normalized spacial score (nSPS) is 10.9. The summed E-state index contributed by atoms with van der Waals surface area (Å²) in [5.41, 5.74) is 3.13. The van der Waals surface area contributed by atoms with E-state index in [1.54, 1.807) is 23.7 Å². The highest BCUT2D eigenvalue weighted by Crippen LogP contribution is 2.20. The van der Waals surface area contributed by atoms with Gasteiger partial charge in [0.15, 0.2) is 4.77 Å². The Labute approximate surface area is 95.0 Å². The topological polar surface area (TPSA) is 33.6 Å². The summed E-state index contributed by atoms with van der Waals surface area (Å²) in [5, 5.41) is 4.11. The van der Waals surface area contributed by atoms with Crippen molar-refractivity contribution < 1.29 is 0 Å². The van der Waals surface area contributed by atoms with Gasteiger partial charge in [-0.15, -0.1) is 0 Å². The molecule has 0 aliphatic rings. The number of hydrogen-bond donors (Lipinski definition) is 1. The Hall–Kier alpha value is -1.46. The van der Waals surface area contributed by atoms with Crippen molar-refractivity contribution in [3.63, 3.8) is 0 Å². The Kier molecular flexibility index (Phi) is 1.93. The highest BCUT2D eigenvalue weighted by molar-refractivity contribution is 7.71. The van der Waals surface area contributed by atoms with E-state index < -0.39 is 0 Å². The van der Waals surface area contributed by atoms with E-state index in [1.165, 1.54) is 0 Å². The first-order valence-corrected chi connectivity index (χ1v) is 5.79. The van der Waals surface area contributed by atoms with Crippen LogP contribution in [0.15, 0.2) is 35.3 Å². The molecule has 0 atom stereocenters. The molecule has 3 rings (SSSR count). The van der Waals surface area contributed by atoms with Crippen molar-refractivity contribution in [1.29, 1.82) is 0 Å². The predicted molar refractivity (Wildman–Crippen MR) is 64.1 cm³/mol. The maximum absolute atomic E-state index is 5.29. The minimum atomic E-state index is 0.705. The third kappa shape index (κ3) is 1.32. The molecule has 0 saturated carbocycles. The average Bonchev–Trinajstić information content (AvgIpc) is 2.82. The molecule has 0 bridgehead atoms. The fourth-order valence-corrected chi connectivity index (χ4v) is 2.53.